The van der Waals surface area contributed by atoms with Gasteiger partial charge in [0.2, 0.25) is 11.7 Å². The summed E-state index contributed by atoms with van der Waals surface area (Å²) >= 11 is 0. The smallest absolute Gasteiger partial charge is 0.325 e. The van der Waals surface area contributed by atoms with E-state index in [0.29, 0.717) is 36.3 Å². The summed E-state index contributed by atoms with van der Waals surface area (Å²) in [5, 5.41) is 0. The van der Waals surface area contributed by atoms with Gasteiger partial charge in [-0.3, -0.25) is 9.59 Å². The number of amides is 1. The fourth-order valence-electron chi connectivity index (χ4n) is 2.68. The second-order valence-electron chi connectivity index (χ2n) is 6.26. The van der Waals surface area contributed by atoms with Gasteiger partial charge in [-0.2, -0.15) is 0 Å². The predicted molar refractivity (Wildman–Crippen MR) is 101 cm³/mol. The summed E-state index contributed by atoms with van der Waals surface area (Å²) < 4.78 is 20.9. The predicted octanol–water partition coefficient (Wildman–Crippen LogP) is 2.53. The lowest BCUT2D eigenvalue weighted by molar-refractivity contribution is -0.147. The van der Waals surface area contributed by atoms with Crippen molar-refractivity contribution in [3.63, 3.8) is 0 Å². The van der Waals surface area contributed by atoms with Gasteiger partial charge in [0, 0.05) is 12.6 Å². The van der Waals surface area contributed by atoms with E-state index in [2.05, 4.69) is 0 Å². The van der Waals surface area contributed by atoms with Crippen LogP contribution in [0.2, 0.25) is 0 Å². The van der Waals surface area contributed by atoms with E-state index in [0.717, 1.165) is 18.4 Å². The van der Waals surface area contributed by atoms with Crippen molar-refractivity contribution in [3.8, 4) is 17.2 Å². The summed E-state index contributed by atoms with van der Waals surface area (Å²) in [7, 11) is 4.60. The highest BCUT2D eigenvalue weighted by Gasteiger charge is 2.27. The first-order valence-corrected chi connectivity index (χ1v) is 8.95. The van der Waals surface area contributed by atoms with Crippen LogP contribution in [0.25, 0.3) is 6.08 Å². The molecule has 0 atom stereocenters. The van der Waals surface area contributed by atoms with Gasteiger partial charge in [0.25, 0.3) is 0 Å². The molecule has 0 saturated heterocycles. The third-order valence-corrected chi connectivity index (χ3v) is 4.22. The molecule has 1 aromatic rings. The fraction of sp³-hybridized carbons (Fsp3) is 0.500. The first-order valence-electron chi connectivity index (χ1n) is 8.95. The molecule has 1 saturated carbocycles. The zero-order valence-electron chi connectivity index (χ0n) is 16.3. The maximum atomic E-state index is 12.6. The van der Waals surface area contributed by atoms with E-state index in [9.17, 15) is 9.59 Å². The molecule has 0 radical (unpaired) electrons. The quantitative estimate of drug-likeness (QED) is 0.461. The number of carbonyl (C=O) groups excluding carboxylic acids is 2. The van der Waals surface area contributed by atoms with Crippen LogP contribution in [0.3, 0.4) is 0 Å². The maximum Gasteiger partial charge on any atom is 0.325 e. The maximum absolute atomic E-state index is 12.6. The molecule has 1 amide bonds. The van der Waals surface area contributed by atoms with Crippen LogP contribution < -0.4 is 14.2 Å². The van der Waals surface area contributed by atoms with E-state index in [-0.39, 0.29) is 12.5 Å². The van der Waals surface area contributed by atoms with Gasteiger partial charge < -0.3 is 23.8 Å². The highest BCUT2D eigenvalue weighted by atomic mass is 16.5. The molecule has 1 fully saturated rings. The largest absolute Gasteiger partial charge is 0.493 e. The molecule has 0 heterocycles. The third-order valence-electron chi connectivity index (χ3n) is 4.22. The van der Waals surface area contributed by atoms with Gasteiger partial charge in [-0.1, -0.05) is 0 Å². The van der Waals surface area contributed by atoms with Crippen LogP contribution >= 0.6 is 0 Å². The summed E-state index contributed by atoms with van der Waals surface area (Å²) in [5.41, 5.74) is 0.723. The zero-order valence-corrected chi connectivity index (χ0v) is 16.3. The number of ether oxygens (including phenoxy) is 4. The van der Waals surface area contributed by atoms with Gasteiger partial charge in [0.1, 0.15) is 6.54 Å². The number of hydrogen-bond acceptors (Lipinski definition) is 6. The topological polar surface area (TPSA) is 74.3 Å². The molecule has 7 heteroatoms. The summed E-state index contributed by atoms with van der Waals surface area (Å²) in [6.45, 7) is 2.57. The molecule has 0 aromatic heterocycles. The number of methoxy groups -OCH3 is 3. The van der Waals surface area contributed by atoms with Crippen LogP contribution in [0.1, 0.15) is 25.3 Å². The third kappa shape index (κ3) is 5.91. The molecule has 0 unspecified atom stereocenters. The summed E-state index contributed by atoms with van der Waals surface area (Å²) in [5.74, 6) is 1.34. The van der Waals surface area contributed by atoms with Gasteiger partial charge >= 0.3 is 5.97 Å². The van der Waals surface area contributed by atoms with Gasteiger partial charge in [0.15, 0.2) is 11.5 Å². The summed E-state index contributed by atoms with van der Waals surface area (Å²) in [6.07, 6.45) is 5.28. The Morgan fingerprint density at radius 3 is 2.22 bits per heavy atom. The van der Waals surface area contributed by atoms with Crippen LogP contribution in [0.15, 0.2) is 18.2 Å². The Bertz CT molecular complexity index is 671. The number of esters is 1. The lowest BCUT2D eigenvalue weighted by Crippen LogP contribution is -2.36. The van der Waals surface area contributed by atoms with Gasteiger partial charge in [-0.25, -0.2) is 0 Å². The molecule has 0 spiro atoms. The first kappa shape index (κ1) is 20.6. The van der Waals surface area contributed by atoms with Crippen molar-refractivity contribution in [2.24, 2.45) is 5.92 Å². The van der Waals surface area contributed by atoms with Crippen LogP contribution in [0.5, 0.6) is 17.2 Å². The fourth-order valence-corrected chi connectivity index (χ4v) is 2.68. The Hall–Kier alpha value is -2.70. The highest BCUT2D eigenvalue weighted by molar-refractivity contribution is 5.94. The lowest BCUT2D eigenvalue weighted by atomic mass is 10.1. The van der Waals surface area contributed by atoms with E-state index in [4.69, 9.17) is 18.9 Å². The van der Waals surface area contributed by atoms with Crippen molar-refractivity contribution < 1.29 is 28.5 Å². The second kappa shape index (κ2) is 9.85. The second-order valence-corrected chi connectivity index (χ2v) is 6.26. The normalized spacial score (nSPS) is 13.3. The summed E-state index contributed by atoms with van der Waals surface area (Å²) in [6, 6.07) is 3.50. The number of hydrogen-bond donors (Lipinski definition) is 0. The average molecular weight is 377 g/mol. The zero-order chi connectivity index (χ0) is 19.8. The van der Waals surface area contributed by atoms with Crippen LogP contribution in [-0.4, -0.2) is 57.8 Å². The van der Waals surface area contributed by atoms with Crippen molar-refractivity contribution >= 4 is 18.0 Å². The average Bonchev–Trinajstić information content (AvgIpc) is 3.48. The minimum Gasteiger partial charge on any atom is -0.493 e. The Labute approximate surface area is 159 Å². The van der Waals surface area contributed by atoms with E-state index in [1.54, 1.807) is 25.1 Å². The molecule has 7 nitrogen and oxygen atoms in total. The standard InChI is InChI=1S/C20H27NO6/c1-5-27-19(23)13-21(12-14-6-7-14)18(22)9-8-15-10-16(24-2)20(26-4)17(11-15)25-3/h8-11,14H,5-7,12-13H2,1-4H3/b9-8+. The molecule has 1 aliphatic rings. The van der Waals surface area contributed by atoms with E-state index in [1.807, 2.05) is 0 Å². The molecular weight excluding hydrogens is 350 g/mol. The molecule has 0 aliphatic heterocycles. The van der Waals surface area contributed by atoms with Gasteiger partial charge in [-0.15, -0.1) is 0 Å². The van der Waals surface area contributed by atoms with Crippen molar-refractivity contribution in [1.29, 1.82) is 0 Å². The minimum absolute atomic E-state index is 0.0389. The van der Waals surface area contributed by atoms with Crippen LogP contribution in [-0.2, 0) is 14.3 Å². The Kier molecular flexibility index (Phi) is 7.52. The van der Waals surface area contributed by atoms with Crippen molar-refractivity contribution in [1.82, 2.24) is 4.90 Å². The molecule has 2 rings (SSSR count). The van der Waals surface area contributed by atoms with Crippen molar-refractivity contribution in [2.75, 3.05) is 41.0 Å². The first-order chi connectivity index (χ1) is 13.0. The molecule has 0 N–H and O–H groups in total. The molecular formula is C20H27NO6. The highest BCUT2D eigenvalue weighted by Crippen LogP contribution is 2.38. The van der Waals surface area contributed by atoms with E-state index < -0.39 is 5.97 Å². The number of benzene rings is 1. The van der Waals surface area contributed by atoms with Crippen molar-refractivity contribution in [3.05, 3.63) is 23.8 Å². The SMILES string of the molecule is CCOC(=O)CN(CC1CC1)C(=O)/C=C/c1cc(OC)c(OC)c(OC)c1. The van der Waals surface area contributed by atoms with Crippen LogP contribution in [0.4, 0.5) is 0 Å². The Morgan fingerprint density at radius 2 is 1.74 bits per heavy atom. The molecule has 0 bridgehead atoms. The Balaban J connectivity index is 2.15. The van der Waals surface area contributed by atoms with Gasteiger partial charge in [0.05, 0.1) is 27.9 Å². The van der Waals surface area contributed by atoms with Gasteiger partial charge in [-0.05, 0) is 49.5 Å². The van der Waals surface area contributed by atoms with E-state index >= 15 is 0 Å². The number of nitrogens with zero attached hydrogens (tertiary/aromatic N) is 1. The summed E-state index contributed by atoms with van der Waals surface area (Å²) in [4.78, 5) is 25.9. The molecule has 148 valence electrons. The monoisotopic (exact) mass is 377 g/mol. The minimum atomic E-state index is -0.396. The molecule has 1 aromatic carbocycles. The number of rotatable bonds is 10. The Morgan fingerprint density at radius 1 is 1.11 bits per heavy atom. The van der Waals surface area contributed by atoms with E-state index in [1.165, 1.54) is 32.3 Å². The lowest BCUT2D eigenvalue weighted by Gasteiger charge is -2.20. The molecule has 27 heavy (non-hydrogen) atoms. The number of carbonyl (C=O) groups is 2. The molecule has 1 aliphatic carbocycles. The van der Waals surface area contributed by atoms with Crippen LogP contribution in [0, 0.1) is 5.92 Å². The van der Waals surface area contributed by atoms with Crippen molar-refractivity contribution in [2.45, 2.75) is 19.8 Å².